The van der Waals surface area contributed by atoms with Gasteiger partial charge in [0.1, 0.15) is 5.75 Å². The summed E-state index contributed by atoms with van der Waals surface area (Å²) in [4.78, 5) is 12.6. The summed E-state index contributed by atoms with van der Waals surface area (Å²) in [5.41, 5.74) is 2.90. The van der Waals surface area contributed by atoms with Crippen molar-refractivity contribution in [3.63, 3.8) is 0 Å². The molecule has 0 saturated heterocycles. The number of para-hydroxylation sites is 2. The van der Waals surface area contributed by atoms with Crippen molar-refractivity contribution in [1.82, 2.24) is 0 Å². The first-order valence-electron chi connectivity index (χ1n) is 9.28. The van der Waals surface area contributed by atoms with Crippen molar-refractivity contribution in [3.05, 3.63) is 82.3 Å². The van der Waals surface area contributed by atoms with Crippen LogP contribution in [-0.4, -0.2) is 12.0 Å². The number of halogens is 2. The van der Waals surface area contributed by atoms with Crippen LogP contribution in [0, 0.1) is 0 Å². The summed E-state index contributed by atoms with van der Waals surface area (Å²) in [6.45, 7) is 3.92. The molecule has 0 spiro atoms. The monoisotopic (exact) mass is 428 g/mol. The molecule has 0 aliphatic heterocycles. The minimum Gasteiger partial charge on any atom is -0.491 e. The fraction of sp³-hybridized carbons (Fsp3) is 0.174. The van der Waals surface area contributed by atoms with Gasteiger partial charge < -0.3 is 15.4 Å². The highest BCUT2D eigenvalue weighted by molar-refractivity contribution is 6.39. The Morgan fingerprint density at radius 2 is 1.66 bits per heavy atom. The van der Waals surface area contributed by atoms with Crippen LogP contribution in [0.3, 0.4) is 0 Å². The average Bonchev–Trinajstić information content (AvgIpc) is 2.66. The summed E-state index contributed by atoms with van der Waals surface area (Å²) in [5, 5.41) is 7.19. The van der Waals surface area contributed by atoms with Crippen LogP contribution in [0.15, 0.2) is 66.7 Å². The number of ether oxygens (including phenoxy) is 1. The third-order valence-electron chi connectivity index (χ3n) is 4.08. The molecule has 0 atom stereocenters. The van der Waals surface area contributed by atoms with Crippen molar-refractivity contribution in [2.75, 3.05) is 10.6 Å². The van der Waals surface area contributed by atoms with E-state index in [4.69, 9.17) is 27.9 Å². The molecule has 0 radical (unpaired) electrons. The number of hydrogen-bond acceptors (Lipinski definition) is 3. The third kappa shape index (κ3) is 5.89. The lowest BCUT2D eigenvalue weighted by atomic mass is 10.1. The van der Waals surface area contributed by atoms with Crippen LogP contribution in [0.5, 0.6) is 5.75 Å². The zero-order chi connectivity index (χ0) is 20.8. The Balaban J connectivity index is 1.73. The second-order valence-corrected chi connectivity index (χ2v) is 7.61. The van der Waals surface area contributed by atoms with E-state index < -0.39 is 0 Å². The highest BCUT2D eigenvalue weighted by Crippen LogP contribution is 2.33. The predicted octanol–water partition coefficient (Wildman–Crippen LogP) is 6.71. The molecule has 29 heavy (non-hydrogen) atoms. The molecule has 150 valence electrons. The van der Waals surface area contributed by atoms with E-state index in [1.54, 1.807) is 18.2 Å². The summed E-state index contributed by atoms with van der Waals surface area (Å²) >= 11 is 12.5. The largest absolute Gasteiger partial charge is 0.491 e. The molecule has 3 aromatic rings. The number of carbonyl (C=O) groups excluding carboxylic acids is 1. The maximum absolute atomic E-state index is 12.6. The van der Waals surface area contributed by atoms with Crippen molar-refractivity contribution in [1.29, 1.82) is 0 Å². The Morgan fingerprint density at radius 3 is 2.38 bits per heavy atom. The van der Waals surface area contributed by atoms with Crippen molar-refractivity contribution in [3.8, 4) is 5.75 Å². The van der Waals surface area contributed by atoms with E-state index in [2.05, 4.69) is 10.6 Å². The first-order valence-corrected chi connectivity index (χ1v) is 10.0. The molecule has 3 rings (SSSR count). The summed E-state index contributed by atoms with van der Waals surface area (Å²) in [6, 6.07) is 20.2. The fourth-order valence-corrected chi connectivity index (χ4v) is 3.34. The standard InChI is InChI=1S/C23H22Cl2N2O2/c1-15(2)29-18-9-5-8-17(14-18)26-22(28)13-16-7-3-4-12-21(16)27-23-19(24)10-6-11-20(23)25/h3-12,14-15,27H,13H2,1-2H3,(H,26,28). The van der Waals surface area contributed by atoms with E-state index in [1.807, 2.05) is 62.4 Å². The lowest BCUT2D eigenvalue weighted by Gasteiger charge is -2.15. The van der Waals surface area contributed by atoms with E-state index in [-0.39, 0.29) is 18.4 Å². The smallest absolute Gasteiger partial charge is 0.228 e. The minimum absolute atomic E-state index is 0.0653. The van der Waals surface area contributed by atoms with Crippen LogP contribution in [-0.2, 0) is 11.2 Å². The third-order valence-corrected chi connectivity index (χ3v) is 4.71. The van der Waals surface area contributed by atoms with Gasteiger partial charge in [-0.15, -0.1) is 0 Å². The molecule has 0 aliphatic carbocycles. The molecule has 0 aromatic heterocycles. The van der Waals surface area contributed by atoms with Gasteiger partial charge in [0.05, 0.1) is 28.3 Å². The highest BCUT2D eigenvalue weighted by Gasteiger charge is 2.12. The van der Waals surface area contributed by atoms with Gasteiger partial charge in [-0.1, -0.05) is 53.5 Å². The number of amides is 1. The van der Waals surface area contributed by atoms with E-state index in [9.17, 15) is 4.79 Å². The van der Waals surface area contributed by atoms with Gasteiger partial charge in [0, 0.05) is 17.4 Å². The molecule has 0 unspecified atom stereocenters. The van der Waals surface area contributed by atoms with Gasteiger partial charge in [-0.25, -0.2) is 0 Å². The van der Waals surface area contributed by atoms with Crippen molar-refractivity contribution < 1.29 is 9.53 Å². The van der Waals surface area contributed by atoms with E-state index in [0.29, 0.717) is 27.2 Å². The van der Waals surface area contributed by atoms with Gasteiger partial charge in [0.25, 0.3) is 0 Å². The summed E-state index contributed by atoms with van der Waals surface area (Å²) in [7, 11) is 0. The maximum atomic E-state index is 12.6. The number of benzene rings is 3. The molecule has 2 N–H and O–H groups in total. The Hall–Kier alpha value is -2.69. The second-order valence-electron chi connectivity index (χ2n) is 6.80. The Kier molecular flexibility index (Phi) is 7.02. The lowest BCUT2D eigenvalue weighted by Crippen LogP contribution is -2.15. The SMILES string of the molecule is CC(C)Oc1cccc(NC(=O)Cc2ccccc2Nc2c(Cl)cccc2Cl)c1. The number of nitrogens with one attached hydrogen (secondary N) is 2. The zero-order valence-electron chi connectivity index (χ0n) is 16.2. The molecule has 0 saturated carbocycles. The van der Waals surface area contributed by atoms with Crippen LogP contribution in [0.25, 0.3) is 0 Å². The second kappa shape index (κ2) is 9.68. The molecule has 0 heterocycles. The molecular formula is C23H22Cl2N2O2. The highest BCUT2D eigenvalue weighted by atomic mass is 35.5. The van der Waals surface area contributed by atoms with Gasteiger partial charge in [-0.2, -0.15) is 0 Å². The van der Waals surface area contributed by atoms with Gasteiger partial charge in [0.15, 0.2) is 0 Å². The van der Waals surface area contributed by atoms with E-state index in [1.165, 1.54) is 0 Å². The molecule has 4 nitrogen and oxygen atoms in total. The summed E-state index contributed by atoms with van der Waals surface area (Å²) < 4.78 is 5.68. The van der Waals surface area contributed by atoms with Crippen LogP contribution in [0.2, 0.25) is 10.0 Å². The van der Waals surface area contributed by atoms with E-state index >= 15 is 0 Å². The quantitative estimate of drug-likeness (QED) is 0.439. The van der Waals surface area contributed by atoms with Crippen LogP contribution in [0.4, 0.5) is 17.1 Å². The number of rotatable bonds is 7. The first kappa shape index (κ1) is 21.0. The molecule has 0 bridgehead atoms. The lowest BCUT2D eigenvalue weighted by molar-refractivity contribution is -0.115. The van der Waals surface area contributed by atoms with Crippen LogP contribution < -0.4 is 15.4 Å². The van der Waals surface area contributed by atoms with Gasteiger partial charge in [0.2, 0.25) is 5.91 Å². The summed E-state index contributed by atoms with van der Waals surface area (Å²) in [5.74, 6) is 0.583. The van der Waals surface area contributed by atoms with Crippen molar-refractivity contribution in [2.45, 2.75) is 26.4 Å². The Morgan fingerprint density at radius 1 is 0.966 bits per heavy atom. The van der Waals surface area contributed by atoms with Crippen LogP contribution >= 0.6 is 23.2 Å². The number of hydrogen-bond donors (Lipinski definition) is 2. The Labute approximate surface area is 180 Å². The average molecular weight is 429 g/mol. The molecular weight excluding hydrogens is 407 g/mol. The van der Waals surface area contributed by atoms with E-state index in [0.717, 1.165) is 11.3 Å². The molecule has 1 amide bonds. The van der Waals surface area contributed by atoms with Crippen molar-refractivity contribution in [2.24, 2.45) is 0 Å². The predicted molar refractivity (Wildman–Crippen MR) is 121 cm³/mol. The Bertz CT molecular complexity index is 985. The fourth-order valence-electron chi connectivity index (χ4n) is 2.85. The van der Waals surface area contributed by atoms with Gasteiger partial charge in [-0.3, -0.25) is 4.79 Å². The number of anilines is 3. The minimum atomic E-state index is -0.133. The maximum Gasteiger partial charge on any atom is 0.228 e. The molecule has 0 aliphatic rings. The molecule has 0 fully saturated rings. The van der Waals surface area contributed by atoms with Gasteiger partial charge in [-0.05, 0) is 49.7 Å². The summed E-state index contributed by atoms with van der Waals surface area (Å²) in [6.07, 6.45) is 0.260. The van der Waals surface area contributed by atoms with Gasteiger partial charge >= 0.3 is 0 Å². The molecule has 3 aromatic carbocycles. The number of carbonyl (C=O) groups is 1. The molecule has 6 heteroatoms. The van der Waals surface area contributed by atoms with Crippen LogP contribution in [0.1, 0.15) is 19.4 Å². The van der Waals surface area contributed by atoms with Crippen molar-refractivity contribution >= 4 is 46.2 Å². The topological polar surface area (TPSA) is 50.4 Å². The normalized spacial score (nSPS) is 10.7. The zero-order valence-corrected chi connectivity index (χ0v) is 17.7. The first-order chi connectivity index (χ1) is 13.9.